The second kappa shape index (κ2) is 12.0. The lowest BCUT2D eigenvalue weighted by atomic mass is 9.77. The Bertz CT molecular complexity index is 922. The molecule has 0 amide bonds. The minimum Gasteiger partial charge on any atom is -0.194 e. The van der Waals surface area contributed by atoms with Crippen molar-refractivity contribution < 1.29 is 30.7 Å². The molecule has 1 aliphatic rings. The van der Waals surface area contributed by atoms with E-state index in [1.807, 2.05) is 24.3 Å². The summed E-state index contributed by atoms with van der Waals surface area (Å²) in [6.07, 6.45) is 7.57. The van der Waals surface area contributed by atoms with Crippen molar-refractivity contribution in [3.05, 3.63) is 59.7 Å². The minimum atomic E-state index is -6.35. The fourth-order valence-corrected chi connectivity index (χ4v) is 5.18. The molecule has 0 aliphatic heterocycles. The highest BCUT2D eigenvalue weighted by Gasteiger charge is 2.73. The van der Waals surface area contributed by atoms with Crippen molar-refractivity contribution >= 4 is 0 Å². The molecule has 0 unspecified atom stereocenters. The van der Waals surface area contributed by atoms with Crippen LogP contribution in [0.1, 0.15) is 94.6 Å². The molecule has 0 bridgehead atoms. The monoisotopic (exact) mass is 516 g/mol. The lowest BCUT2D eigenvalue weighted by Gasteiger charge is -2.29. The Hall–Kier alpha value is -2.05. The minimum absolute atomic E-state index is 0.471. The molecule has 0 aromatic heterocycles. The Morgan fingerprint density at radius 1 is 0.639 bits per heavy atom. The van der Waals surface area contributed by atoms with Gasteiger partial charge in [0.1, 0.15) is 0 Å². The van der Waals surface area contributed by atoms with Gasteiger partial charge in [-0.3, -0.25) is 0 Å². The van der Waals surface area contributed by atoms with E-state index in [9.17, 15) is 30.7 Å². The van der Waals surface area contributed by atoms with E-state index in [1.54, 1.807) is 0 Å². The highest BCUT2D eigenvalue weighted by molar-refractivity contribution is 5.64. The van der Waals surface area contributed by atoms with Gasteiger partial charge in [-0.15, -0.1) is 0 Å². The largest absolute Gasteiger partial charge is 0.460 e. The zero-order valence-corrected chi connectivity index (χ0v) is 20.7. The van der Waals surface area contributed by atoms with Gasteiger partial charge in [-0.1, -0.05) is 100 Å². The quantitative estimate of drug-likeness (QED) is 0.206. The second-order valence-corrected chi connectivity index (χ2v) is 10.1. The fourth-order valence-electron chi connectivity index (χ4n) is 5.18. The van der Waals surface area contributed by atoms with Gasteiger partial charge in [0.15, 0.2) is 0 Å². The third-order valence-corrected chi connectivity index (χ3v) is 7.53. The maximum atomic E-state index is 13.9. The summed E-state index contributed by atoms with van der Waals surface area (Å²) in [5.74, 6) is -10.2. The number of unbranched alkanes of at least 4 members (excludes halogenated alkanes) is 5. The van der Waals surface area contributed by atoms with Crippen LogP contribution in [-0.2, 0) is 5.92 Å². The van der Waals surface area contributed by atoms with Crippen LogP contribution in [0.5, 0.6) is 0 Å². The summed E-state index contributed by atoms with van der Waals surface area (Å²) < 4.78 is 91.8. The Morgan fingerprint density at radius 2 is 1.14 bits per heavy atom. The molecule has 0 N–H and O–H groups in total. The van der Waals surface area contributed by atoms with Crippen LogP contribution in [0.4, 0.5) is 30.7 Å². The van der Waals surface area contributed by atoms with Crippen molar-refractivity contribution in [2.75, 3.05) is 0 Å². The number of hydrogen-bond donors (Lipinski definition) is 0. The molecule has 0 saturated heterocycles. The SMILES string of the molecule is CCCCCCCCC1CCC(c2ccc(-c3ccc(C(F)(F)C(F)(F)C(F)(F)F)cc3)cc2)CC1. The van der Waals surface area contributed by atoms with E-state index in [0.29, 0.717) is 29.2 Å². The molecule has 7 heteroatoms. The maximum absolute atomic E-state index is 13.9. The molecule has 0 heterocycles. The maximum Gasteiger partial charge on any atom is 0.460 e. The number of rotatable bonds is 11. The van der Waals surface area contributed by atoms with Crippen LogP contribution in [0, 0.1) is 5.92 Å². The average molecular weight is 517 g/mol. The fraction of sp³-hybridized carbons (Fsp3) is 0.586. The van der Waals surface area contributed by atoms with E-state index in [0.717, 1.165) is 30.9 Å². The lowest BCUT2D eigenvalue weighted by Crippen LogP contribution is -2.49. The van der Waals surface area contributed by atoms with Crippen LogP contribution < -0.4 is 0 Å². The van der Waals surface area contributed by atoms with Gasteiger partial charge in [0.2, 0.25) is 0 Å². The smallest absolute Gasteiger partial charge is 0.194 e. The highest BCUT2D eigenvalue weighted by Crippen LogP contribution is 2.51. The molecule has 1 saturated carbocycles. The molecule has 2 aromatic rings. The zero-order valence-electron chi connectivity index (χ0n) is 20.7. The first-order valence-electron chi connectivity index (χ1n) is 13.0. The van der Waals surface area contributed by atoms with Crippen LogP contribution in [0.25, 0.3) is 11.1 Å². The normalized spacial score (nSPS) is 19.4. The first-order valence-corrected chi connectivity index (χ1v) is 13.0. The summed E-state index contributed by atoms with van der Waals surface area (Å²) in [5, 5.41) is 0. The summed E-state index contributed by atoms with van der Waals surface area (Å²) in [6, 6.07) is 11.2. The van der Waals surface area contributed by atoms with E-state index < -0.39 is 23.6 Å². The van der Waals surface area contributed by atoms with Gasteiger partial charge in [-0.25, -0.2) is 0 Å². The van der Waals surface area contributed by atoms with Gasteiger partial charge in [-0.2, -0.15) is 30.7 Å². The van der Waals surface area contributed by atoms with Crippen LogP contribution in [-0.4, -0.2) is 12.1 Å². The standard InChI is InChI=1S/C29H35F7/c1-2-3-4-5-6-7-8-21-9-11-22(12-10-21)23-13-15-24(16-14-23)25-17-19-26(20-18-25)27(30,31)28(32,33)29(34,35)36/h13-22H,2-12H2,1H3. The summed E-state index contributed by atoms with van der Waals surface area (Å²) >= 11 is 0. The van der Waals surface area contributed by atoms with E-state index in [4.69, 9.17) is 0 Å². The van der Waals surface area contributed by atoms with Gasteiger partial charge in [0.25, 0.3) is 0 Å². The van der Waals surface area contributed by atoms with Gasteiger partial charge in [0.05, 0.1) is 0 Å². The van der Waals surface area contributed by atoms with Gasteiger partial charge in [-0.05, 0) is 54.2 Å². The Balaban J connectivity index is 1.54. The molecule has 36 heavy (non-hydrogen) atoms. The summed E-state index contributed by atoms with van der Waals surface area (Å²) in [4.78, 5) is 0. The van der Waals surface area contributed by atoms with Crippen molar-refractivity contribution in [3.8, 4) is 11.1 Å². The molecule has 1 fully saturated rings. The Kier molecular flexibility index (Phi) is 9.50. The average Bonchev–Trinajstić information content (AvgIpc) is 2.86. The van der Waals surface area contributed by atoms with Crippen LogP contribution >= 0.6 is 0 Å². The number of hydrogen-bond acceptors (Lipinski definition) is 0. The highest BCUT2D eigenvalue weighted by atomic mass is 19.4. The molecule has 1 aliphatic carbocycles. The van der Waals surface area contributed by atoms with Gasteiger partial charge in [0, 0.05) is 5.56 Å². The van der Waals surface area contributed by atoms with E-state index >= 15 is 0 Å². The Morgan fingerprint density at radius 3 is 1.67 bits per heavy atom. The summed E-state index contributed by atoms with van der Waals surface area (Å²) in [6.45, 7) is 2.23. The number of halogens is 7. The van der Waals surface area contributed by atoms with Gasteiger partial charge >= 0.3 is 18.0 Å². The predicted molar refractivity (Wildman–Crippen MR) is 129 cm³/mol. The van der Waals surface area contributed by atoms with Crippen molar-refractivity contribution in [1.82, 2.24) is 0 Å². The lowest BCUT2D eigenvalue weighted by molar-refractivity contribution is -0.359. The Labute approximate surface area is 209 Å². The van der Waals surface area contributed by atoms with Crippen LogP contribution in [0.3, 0.4) is 0 Å². The van der Waals surface area contributed by atoms with Crippen LogP contribution in [0.2, 0.25) is 0 Å². The van der Waals surface area contributed by atoms with Crippen molar-refractivity contribution in [1.29, 1.82) is 0 Å². The van der Waals surface area contributed by atoms with Crippen molar-refractivity contribution in [3.63, 3.8) is 0 Å². The molecule has 0 atom stereocenters. The number of benzene rings is 2. The first-order chi connectivity index (χ1) is 17.0. The first kappa shape index (κ1) is 28.5. The molecule has 0 nitrogen and oxygen atoms in total. The molecule has 3 rings (SSSR count). The molecule has 2 aromatic carbocycles. The molecule has 0 radical (unpaired) electrons. The zero-order chi connectivity index (χ0) is 26.4. The van der Waals surface area contributed by atoms with E-state index in [2.05, 4.69) is 6.92 Å². The molecule has 200 valence electrons. The number of alkyl halides is 7. The third-order valence-electron chi connectivity index (χ3n) is 7.53. The van der Waals surface area contributed by atoms with Crippen molar-refractivity contribution in [2.45, 2.75) is 101 Å². The summed E-state index contributed by atoms with van der Waals surface area (Å²) in [5.41, 5.74) is 1.000. The second-order valence-electron chi connectivity index (χ2n) is 10.1. The summed E-state index contributed by atoms with van der Waals surface area (Å²) in [7, 11) is 0. The predicted octanol–water partition coefficient (Wildman–Crippen LogP) is 10.7. The molecular weight excluding hydrogens is 481 g/mol. The van der Waals surface area contributed by atoms with Gasteiger partial charge < -0.3 is 0 Å². The third kappa shape index (κ3) is 6.63. The molecule has 0 spiro atoms. The van der Waals surface area contributed by atoms with Crippen LogP contribution in [0.15, 0.2) is 48.5 Å². The topological polar surface area (TPSA) is 0 Å². The molecular formula is C29H35F7. The van der Waals surface area contributed by atoms with E-state index in [-0.39, 0.29) is 0 Å². The van der Waals surface area contributed by atoms with Crippen molar-refractivity contribution in [2.24, 2.45) is 5.92 Å². The van der Waals surface area contributed by atoms with E-state index in [1.165, 1.54) is 63.4 Å².